The second-order valence-corrected chi connectivity index (χ2v) is 8.06. The molecule has 0 aromatic carbocycles. The summed E-state index contributed by atoms with van der Waals surface area (Å²) in [7, 11) is 0. The van der Waals surface area contributed by atoms with E-state index in [0.717, 1.165) is 26.2 Å². The molecule has 7 heteroatoms. The topological polar surface area (TPSA) is 78.3 Å². The van der Waals surface area contributed by atoms with E-state index in [1.165, 1.54) is 33.1 Å². The van der Waals surface area contributed by atoms with Gasteiger partial charge in [-0.25, -0.2) is 9.97 Å². The van der Waals surface area contributed by atoms with Crippen molar-refractivity contribution in [2.45, 2.75) is 63.9 Å². The number of hydrogen-bond donors (Lipinski definition) is 3. The first-order chi connectivity index (χ1) is 10.1. The van der Waals surface area contributed by atoms with Gasteiger partial charge in [0.2, 0.25) is 0 Å². The zero-order valence-electron chi connectivity index (χ0n) is 13.9. The number of aliphatic hydroxyl groups is 2. The molecule has 0 spiro atoms. The number of thioether (sulfide) groups is 1. The molecule has 1 fully saturated rings. The molecule has 2 rings (SSSR count). The highest BCUT2D eigenvalue weighted by molar-refractivity contribution is 14.1. The first-order valence-corrected chi connectivity index (χ1v) is 9.70. The summed E-state index contributed by atoms with van der Waals surface area (Å²) in [5.74, 6) is 0.356. The first kappa shape index (κ1) is 19.9. The van der Waals surface area contributed by atoms with Gasteiger partial charge in [-0.3, -0.25) is 0 Å². The summed E-state index contributed by atoms with van der Waals surface area (Å²) in [4.78, 5) is 9.02. The minimum atomic E-state index is -1.50. The summed E-state index contributed by atoms with van der Waals surface area (Å²) >= 11 is 3.93. The molecule has 5 nitrogen and oxygen atoms in total. The molecule has 2 atom stereocenters. The Kier molecular flexibility index (Phi) is 7.84. The smallest absolute Gasteiger partial charge is 0.189 e. The van der Waals surface area contributed by atoms with Crippen molar-refractivity contribution in [2.75, 3.05) is 11.6 Å². The van der Waals surface area contributed by atoms with Crippen LogP contribution in [0.3, 0.4) is 0 Å². The van der Waals surface area contributed by atoms with Crippen LogP contribution in [0.15, 0.2) is 5.16 Å². The molecule has 1 aliphatic rings. The normalized spacial score (nSPS) is 21.3. The molecule has 0 radical (unpaired) electrons. The number of anilines is 1. The second kappa shape index (κ2) is 8.65. The van der Waals surface area contributed by atoms with Crippen LogP contribution in [0.1, 0.15) is 45.7 Å². The van der Waals surface area contributed by atoms with Gasteiger partial charge in [0.1, 0.15) is 5.82 Å². The molecule has 0 bridgehead atoms. The Morgan fingerprint density at radius 3 is 2.32 bits per heavy atom. The lowest BCUT2D eigenvalue weighted by molar-refractivity contribution is -0.127. The third kappa shape index (κ3) is 7.43. The fourth-order valence-corrected chi connectivity index (χ4v) is 3.06. The van der Waals surface area contributed by atoms with Crippen molar-refractivity contribution >= 4 is 40.2 Å². The minimum Gasteiger partial charge on any atom is -0.366 e. The van der Waals surface area contributed by atoms with Crippen LogP contribution >= 0.6 is 34.4 Å². The predicted molar refractivity (Wildman–Crippen MR) is 100 cm³/mol. The largest absolute Gasteiger partial charge is 0.366 e. The van der Waals surface area contributed by atoms with Crippen LogP contribution in [0.2, 0.25) is 0 Å². The maximum atomic E-state index is 8.08. The van der Waals surface area contributed by atoms with E-state index < -0.39 is 5.79 Å². The molecule has 0 amide bonds. The van der Waals surface area contributed by atoms with Gasteiger partial charge >= 0.3 is 0 Å². The maximum Gasteiger partial charge on any atom is 0.189 e. The SMILES string of the molecule is CC(C)(O)O.CSc1nc(C)c(I)c(NC2CCC(C)C2)n1. The van der Waals surface area contributed by atoms with Gasteiger partial charge in [0, 0.05) is 6.04 Å². The van der Waals surface area contributed by atoms with Crippen LogP contribution in [-0.2, 0) is 0 Å². The Morgan fingerprint density at radius 2 is 1.86 bits per heavy atom. The summed E-state index contributed by atoms with van der Waals surface area (Å²) in [5, 5.41) is 20.6. The fourth-order valence-electron chi connectivity index (χ4n) is 2.25. The summed E-state index contributed by atoms with van der Waals surface area (Å²) in [6, 6.07) is 0.586. The summed E-state index contributed by atoms with van der Waals surface area (Å²) < 4.78 is 1.15. The van der Waals surface area contributed by atoms with Crippen molar-refractivity contribution in [1.29, 1.82) is 0 Å². The average molecular weight is 439 g/mol. The van der Waals surface area contributed by atoms with E-state index >= 15 is 0 Å². The van der Waals surface area contributed by atoms with E-state index in [9.17, 15) is 0 Å². The predicted octanol–water partition coefficient (Wildman–Crippen LogP) is 3.42. The van der Waals surface area contributed by atoms with E-state index in [1.807, 2.05) is 13.2 Å². The number of nitrogens with zero attached hydrogens (tertiary/aromatic N) is 2. The van der Waals surface area contributed by atoms with E-state index in [0.29, 0.717) is 6.04 Å². The third-order valence-electron chi connectivity index (χ3n) is 3.21. The molecular weight excluding hydrogens is 413 g/mol. The summed E-state index contributed by atoms with van der Waals surface area (Å²) in [6.45, 7) is 6.97. The summed E-state index contributed by atoms with van der Waals surface area (Å²) in [5.41, 5.74) is 1.07. The van der Waals surface area contributed by atoms with Gasteiger partial charge in [-0.2, -0.15) is 0 Å². The average Bonchev–Trinajstić information content (AvgIpc) is 2.78. The zero-order valence-corrected chi connectivity index (χ0v) is 16.8. The zero-order chi connectivity index (χ0) is 16.9. The molecule has 1 aromatic rings. The standard InChI is InChI=1S/C12H18IN3S.C3H8O2/c1-7-4-5-9(6-7)15-11-10(13)8(2)14-12(16-11)17-3;1-3(2,4)5/h7,9H,4-6H2,1-3H3,(H,14,15,16);4-5H,1-2H3. The van der Waals surface area contributed by atoms with E-state index in [4.69, 9.17) is 10.2 Å². The van der Waals surface area contributed by atoms with Crippen LogP contribution < -0.4 is 5.32 Å². The number of rotatable bonds is 3. The lowest BCUT2D eigenvalue weighted by Gasteiger charge is -2.15. The van der Waals surface area contributed by atoms with Crippen LogP contribution in [0.4, 0.5) is 5.82 Å². The summed E-state index contributed by atoms with van der Waals surface area (Å²) in [6.07, 6.45) is 5.86. The molecule has 3 N–H and O–H groups in total. The van der Waals surface area contributed by atoms with Crippen molar-refractivity contribution < 1.29 is 10.2 Å². The van der Waals surface area contributed by atoms with Crippen LogP contribution in [0.25, 0.3) is 0 Å². The van der Waals surface area contributed by atoms with Gasteiger partial charge in [-0.15, -0.1) is 0 Å². The van der Waals surface area contributed by atoms with Gasteiger partial charge in [-0.05, 0) is 74.8 Å². The van der Waals surface area contributed by atoms with Crippen molar-refractivity contribution in [2.24, 2.45) is 5.92 Å². The molecule has 126 valence electrons. The molecule has 0 saturated heterocycles. The number of hydrogen-bond acceptors (Lipinski definition) is 6. The Labute approximate surface area is 150 Å². The van der Waals surface area contributed by atoms with Crippen molar-refractivity contribution in [3.8, 4) is 0 Å². The van der Waals surface area contributed by atoms with E-state index in [-0.39, 0.29) is 0 Å². The Hall–Kier alpha value is -0.120. The maximum absolute atomic E-state index is 8.08. The van der Waals surface area contributed by atoms with Crippen LogP contribution in [0, 0.1) is 16.4 Å². The number of nitrogens with one attached hydrogen (secondary N) is 1. The lowest BCUT2D eigenvalue weighted by atomic mass is 10.1. The highest BCUT2D eigenvalue weighted by atomic mass is 127. The van der Waals surface area contributed by atoms with Crippen LogP contribution in [-0.4, -0.2) is 38.3 Å². The molecular formula is C15H26IN3O2S. The van der Waals surface area contributed by atoms with Gasteiger partial charge < -0.3 is 15.5 Å². The fraction of sp³-hybridized carbons (Fsp3) is 0.733. The lowest BCUT2D eigenvalue weighted by Crippen LogP contribution is -2.18. The van der Waals surface area contributed by atoms with Gasteiger partial charge in [0.25, 0.3) is 0 Å². The molecule has 1 saturated carbocycles. The van der Waals surface area contributed by atoms with Crippen molar-refractivity contribution in [3.63, 3.8) is 0 Å². The number of halogens is 1. The first-order valence-electron chi connectivity index (χ1n) is 7.39. The van der Waals surface area contributed by atoms with E-state index in [2.05, 4.69) is 44.8 Å². The Bertz CT molecular complexity index is 488. The minimum absolute atomic E-state index is 0.586. The molecule has 2 unspecified atom stereocenters. The van der Waals surface area contributed by atoms with Gasteiger partial charge in [0.15, 0.2) is 10.9 Å². The third-order valence-corrected chi connectivity index (χ3v) is 5.05. The van der Waals surface area contributed by atoms with E-state index in [1.54, 1.807) is 11.8 Å². The van der Waals surface area contributed by atoms with Crippen molar-refractivity contribution in [1.82, 2.24) is 9.97 Å². The molecule has 0 aliphatic heterocycles. The van der Waals surface area contributed by atoms with Crippen molar-refractivity contribution in [3.05, 3.63) is 9.26 Å². The Balaban J connectivity index is 0.000000422. The quantitative estimate of drug-likeness (QED) is 0.290. The van der Waals surface area contributed by atoms with Crippen LogP contribution in [0.5, 0.6) is 0 Å². The molecule has 1 aliphatic carbocycles. The number of aromatic nitrogens is 2. The molecule has 22 heavy (non-hydrogen) atoms. The van der Waals surface area contributed by atoms with Gasteiger partial charge in [0.05, 0.1) is 9.26 Å². The second-order valence-electron chi connectivity index (χ2n) is 6.21. The number of aryl methyl sites for hydroxylation is 1. The Morgan fingerprint density at radius 1 is 1.27 bits per heavy atom. The van der Waals surface area contributed by atoms with Gasteiger partial charge in [-0.1, -0.05) is 18.7 Å². The molecule has 1 heterocycles. The highest BCUT2D eigenvalue weighted by Crippen LogP contribution is 2.29. The monoisotopic (exact) mass is 439 g/mol. The highest BCUT2D eigenvalue weighted by Gasteiger charge is 2.22. The molecule has 1 aromatic heterocycles.